The summed E-state index contributed by atoms with van der Waals surface area (Å²) in [4.78, 5) is 29.0. The number of ether oxygens (including phenoxy) is 1. The van der Waals surface area contributed by atoms with Gasteiger partial charge in [-0.25, -0.2) is 0 Å². The van der Waals surface area contributed by atoms with Gasteiger partial charge in [0.1, 0.15) is 18.1 Å². The zero-order chi connectivity index (χ0) is 35.1. The maximum absolute atomic E-state index is 11.1. The Labute approximate surface area is 304 Å². The van der Waals surface area contributed by atoms with Gasteiger partial charge in [0.25, 0.3) is 11.4 Å². The Morgan fingerprint density at radius 1 is 0.688 bits per heavy atom. The molecular weight excluding hydrogens is 842 g/mol. The lowest BCUT2D eigenvalue weighted by atomic mass is 10.1. The predicted molar refractivity (Wildman–Crippen MR) is 204 cm³/mol. The highest BCUT2D eigenvalue weighted by Crippen LogP contribution is 2.33. The van der Waals surface area contributed by atoms with Crippen molar-refractivity contribution in [3.05, 3.63) is 152 Å². The lowest BCUT2D eigenvalue weighted by Crippen LogP contribution is -1.98. The fourth-order valence-electron chi connectivity index (χ4n) is 4.52. The van der Waals surface area contributed by atoms with Gasteiger partial charge < -0.3 is 14.9 Å². The van der Waals surface area contributed by atoms with Crippen molar-refractivity contribution >= 4 is 78.1 Å². The summed E-state index contributed by atoms with van der Waals surface area (Å²) in [7, 11) is 0. The first-order valence-corrected chi connectivity index (χ1v) is 17.3. The van der Waals surface area contributed by atoms with Gasteiger partial charge in [-0.05, 0) is 73.5 Å². The van der Waals surface area contributed by atoms with Gasteiger partial charge >= 0.3 is 0 Å². The number of aromatic hydroxyl groups is 1. The molecule has 0 spiro atoms. The van der Waals surface area contributed by atoms with E-state index in [1.54, 1.807) is 60.9 Å². The Morgan fingerprint density at radius 2 is 1.15 bits per heavy atom. The summed E-state index contributed by atoms with van der Waals surface area (Å²) in [6.45, 7) is 4.32. The van der Waals surface area contributed by atoms with Crippen LogP contribution in [0.1, 0.15) is 22.5 Å². The number of aliphatic hydroxyl groups is 1. The van der Waals surface area contributed by atoms with Crippen molar-refractivity contribution in [2.75, 3.05) is 2.43 Å². The molecule has 0 amide bonds. The van der Waals surface area contributed by atoms with Gasteiger partial charge in [-0.1, -0.05) is 81.6 Å². The Morgan fingerprint density at radius 3 is 1.65 bits per heavy atom. The summed E-state index contributed by atoms with van der Waals surface area (Å²) in [5.74, 6) is 0.696. The van der Waals surface area contributed by atoms with Crippen LogP contribution in [0.2, 0.25) is 0 Å². The van der Waals surface area contributed by atoms with Crippen molar-refractivity contribution in [3.63, 3.8) is 0 Å². The van der Waals surface area contributed by atoms with Crippen molar-refractivity contribution in [2.24, 2.45) is 0 Å². The number of phenols is 1. The lowest BCUT2D eigenvalue weighted by Gasteiger charge is -2.10. The molecule has 13 heteroatoms. The third-order valence-electron chi connectivity index (χ3n) is 6.63. The van der Waals surface area contributed by atoms with E-state index in [0.29, 0.717) is 28.5 Å². The van der Waals surface area contributed by atoms with Crippen molar-refractivity contribution in [3.8, 4) is 11.5 Å². The third-order valence-corrected chi connectivity index (χ3v) is 6.63. The molecule has 0 fully saturated rings. The molecule has 2 heterocycles. The first kappa shape index (κ1) is 38.0. The fraction of sp³-hybridized carbons (Fsp3) is 0.143. The van der Waals surface area contributed by atoms with E-state index in [-0.39, 0.29) is 28.7 Å². The van der Waals surface area contributed by atoms with Gasteiger partial charge in [-0.3, -0.25) is 30.2 Å². The second-order valence-electron chi connectivity index (χ2n) is 9.95. The number of phenolic OH excluding ortho intramolecular Hbond substituents is 1. The standard InChI is InChI=1S/C17H14N2O3.C10H7NO3.C7H9NO.CH2I2/c1-12-10-13(8-9-18-12)11-22-17-7-6-16(19(20)21)14-4-2-3-5-15(14)17;12-10-6-5-9(11(13)14)7-3-1-2-4-8(7)10;1-6-4-7(5-9)2-3-8-6;2-1-3/h2-10H,11H2,1H3;1-6,12H;2-4,9H,5H2,1H3;1H2. The number of fused-ring (bicyclic) bond motifs is 2. The summed E-state index contributed by atoms with van der Waals surface area (Å²) in [6.07, 6.45) is 3.43. The summed E-state index contributed by atoms with van der Waals surface area (Å²) >= 11 is 4.55. The number of rotatable bonds is 6. The van der Waals surface area contributed by atoms with Gasteiger partial charge in [-0.2, -0.15) is 0 Å². The minimum atomic E-state index is -0.457. The smallest absolute Gasteiger partial charge is 0.277 e. The van der Waals surface area contributed by atoms with E-state index in [1.165, 1.54) is 20.6 Å². The number of nitro groups is 2. The number of aryl methyl sites for hydroxylation is 2. The van der Waals surface area contributed by atoms with E-state index < -0.39 is 4.92 Å². The molecule has 6 aromatic rings. The lowest BCUT2D eigenvalue weighted by molar-refractivity contribution is -0.383. The van der Waals surface area contributed by atoms with Gasteiger partial charge in [0.2, 0.25) is 0 Å². The largest absolute Gasteiger partial charge is 0.507 e. The first-order valence-electron chi connectivity index (χ1n) is 14.3. The predicted octanol–water partition coefficient (Wildman–Crippen LogP) is 9.18. The number of hydrogen-bond acceptors (Lipinski definition) is 9. The molecule has 0 saturated heterocycles. The second-order valence-corrected chi connectivity index (χ2v) is 14.4. The Balaban J connectivity index is 0.000000205. The summed E-state index contributed by atoms with van der Waals surface area (Å²) in [6, 6.07) is 27.2. The van der Waals surface area contributed by atoms with Crippen LogP contribution in [-0.2, 0) is 13.2 Å². The molecule has 2 N–H and O–H groups in total. The molecule has 0 aliphatic rings. The molecule has 248 valence electrons. The van der Waals surface area contributed by atoms with Gasteiger partial charge in [0.15, 0.2) is 0 Å². The van der Waals surface area contributed by atoms with Crippen molar-refractivity contribution in [1.29, 1.82) is 0 Å². The highest BCUT2D eigenvalue weighted by Gasteiger charge is 2.15. The molecule has 6 rings (SSSR count). The first-order chi connectivity index (χ1) is 23.1. The van der Waals surface area contributed by atoms with Crippen molar-refractivity contribution in [2.45, 2.75) is 27.1 Å². The number of aliphatic hydroxyl groups excluding tert-OH is 1. The van der Waals surface area contributed by atoms with Crippen LogP contribution in [0.15, 0.2) is 109 Å². The number of benzene rings is 4. The van der Waals surface area contributed by atoms with Crippen LogP contribution in [0, 0.1) is 34.1 Å². The number of aromatic nitrogens is 2. The molecule has 0 aliphatic heterocycles. The highest BCUT2D eigenvalue weighted by atomic mass is 127. The molecule has 0 radical (unpaired) electrons. The molecule has 2 aromatic heterocycles. The molecule has 11 nitrogen and oxygen atoms in total. The van der Waals surface area contributed by atoms with Crippen molar-refractivity contribution in [1.82, 2.24) is 9.97 Å². The Hall–Kier alpha value is -4.48. The zero-order valence-corrected chi connectivity index (χ0v) is 30.3. The molecule has 0 atom stereocenters. The van der Waals surface area contributed by atoms with E-state index >= 15 is 0 Å². The molecule has 0 unspecified atom stereocenters. The Bertz CT molecular complexity index is 1990. The maximum Gasteiger partial charge on any atom is 0.277 e. The second kappa shape index (κ2) is 19.4. The molecule has 0 saturated carbocycles. The number of nitro benzene ring substituents is 2. The van der Waals surface area contributed by atoms with E-state index in [2.05, 4.69) is 55.1 Å². The molecule has 4 aromatic carbocycles. The topological polar surface area (TPSA) is 162 Å². The molecule has 0 aliphatic carbocycles. The normalized spacial score (nSPS) is 10.0. The molecule has 48 heavy (non-hydrogen) atoms. The van der Waals surface area contributed by atoms with E-state index in [9.17, 15) is 25.3 Å². The van der Waals surface area contributed by atoms with Crippen LogP contribution in [-0.4, -0.2) is 32.5 Å². The van der Waals surface area contributed by atoms with Crippen LogP contribution >= 0.6 is 45.2 Å². The van der Waals surface area contributed by atoms with Gasteiger partial charge in [-0.15, -0.1) is 0 Å². The SMILES string of the molecule is Cc1cc(CO)ccn1.Cc1cc(COc2ccc([N+](=O)[O-])c3ccccc23)ccn1.ICI.O=[N+]([O-])c1ccc(O)c2ccccc12. The number of pyridine rings is 2. The monoisotopic (exact) mass is 874 g/mol. The number of non-ortho nitro benzene ring substituents is 2. The van der Waals surface area contributed by atoms with Gasteiger partial charge in [0, 0.05) is 46.7 Å². The summed E-state index contributed by atoms with van der Waals surface area (Å²) in [5, 5.41) is 42.1. The van der Waals surface area contributed by atoms with Crippen LogP contribution in [0.3, 0.4) is 0 Å². The van der Waals surface area contributed by atoms with Crippen LogP contribution in [0.25, 0.3) is 21.5 Å². The summed E-state index contributed by atoms with van der Waals surface area (Å²) in [5.41, 5.74) is 3.90. The highest BCUT2D eigenvalue weighted by molar-refractivity contribution is 14.2. The summed E-state index contributed by atoms with van der Waals surface area (Å²) < 4.78 is 7.03. The van der Waals surface area contributed by atoms with E-state index in [4.69, 9.17) is 9.84 Å². The fourth-order valence-corrected chi connectivity index (χ4v) is 4.52. The number of nitrogens with zero attached hydrogens (tertiary/aromatic N) is 4. The maximum atomic E-state index is 11.1. The van der Waals surface area contributed by atoms with E-state index in [1.807, 2.05) is 44.2 Å². The third kappa shape index (κ3) is 11.1. The molecular formula is C35H32I2N4O7. The van der Waals surface area contributed by atoms with Crippen LogP contribution in [0.4, 0.5) is 11.4 Å². The minimum absolute atomic E-state index is 0.0124. The average Bonchev–Trinajstić information content (AvgIpc) is 3.08. The van der Waals surface area contributed by atoms with E-state index in [0.717, 1.165) is 27.9 Å². The molecule has 0 bridgehead atoms. The van der Waals surface area contributed by atoms with Crippen LogP contribution < -0.4 is 4.74 Å². The van der Waals surface area contributed by atoms with Crippen LogP contribution in [0.5, 0.6) is 11.5 Å². The Kier molecular flexibility index (Phi) is 15.3. The number of halogens is 2. The quantitative estimate of drug-likeness (QED) is 0.0720. The zero-order valence-electron chi connectivity index (χ0n) is 26.0. The number of alkyl halides is 2. The average molecular weight is 874 g/mol. The minimum Gasteiger partial charge on any atom is -0.507 e. The number of hydrogen-bond donors (Lipinski definition) is 2. The van der Waals surface area contributed by atoms with Crippen molar-refractivity contribution < 1.29 is 24.8 Å². The van der Waals surface area contributed by atoms with Gasteiger partial charge in [0.05, 0.1) is 29.7 Å².